The molecule has 0 radical (unpaired) electrons. The van der Waals surface area contributed by atoms with Gasteiger partial charge in [0.1, 0.15) is 6.04 Å². The predicted octanol–water partition coefficient (Wildman–Crippen LogP) is 1.40. The number of nitrogens with zero attached hydrogens (tertiary/aromatic N) is 3. The number of hydrogen-bond acceptors (Lipinski definition) is 4. The quantitative estimate of drug-likeness (QED) is 0.854. The molecule has 17 heavy (non-hydrogen) atoms. The number of ether oxygens (including phenoxy) is 1. The van der Waals surface area contributed by atoms with E-state index < -0.39 is 12.5 Å². The van der Waals surface area contributed by atoms with Gasteiger partial charge in [0.2, 0.25) is 5.95 Å². The summed E-state index contributed by atoms with van der Waals surface area (Å²) < 4.78 is 32.3. The first-order valence-corrected chi connectivity index (χ1v) is 5.82. The molecule has 0 spiro atoms. The van der Waals surface area contributed by atoms with Crippen LogP contribution in [0.1, 0.15) is 30.6 Å². The highest BCUT2D eigenvalue weighted by Gasteiger charge is 2.32. The summed E-state index contributed by atoms with van der Waals surface area (Å²) in [6, 6.07) is -0.852. The van der Waals surface area contributed by atoms with E-state index in [0.717, 1.165) is 6.42 Å². The average molecular weight is 244 g/mol. The molecule has 5 nitrogen and oxygen atoms in total. The van der Waals surface area contributed by atoms with Gasteiger partial charge in [0.05, 0.1) is 6.61 Å². The van der Waals surface area contributed by atoms with Gasteiger partial charge in [-0.2, -0.15) is 10.1 Å². The van der Waals surface area contributed by atoms with Gasteiger partial charge in [0, 0.05) is 19.1 Å². The highest BCUT2D eigenvalue weighted by molar-refractivity contribution is 5.29. The summed E-state index contributed by atoms with van der Waals surface area (Å²) >= 11 is 0. The lowest BCUT2D eigenvalue weighted by molar-refractivity contribution is 0.0710. The van der Waals surface area contributed by atoms with Gasteiger partial charge in [-0.1, -0.05) is 0 Å². The van der Waals surface area contributed by atoms with E-state index >= 15 is 0 Å². The number of anilines is 1. The van der Waals surface area contributed by atoms with Crippen LogP contribution in [0.25, 0.3) is 0 Å². The second kappa shape index (κ2) is 4.21. The van der Waals surface area contributed by atoms with Crippen molar-refractivity contribution in [1.82, 2.24) is 14.8 Å². The minimum atomic E-state index is -2.40. The zero-order chi connectivity index (χ0) is 11.8. The van der Waals surface area contributed by atoms with Crippen molar-refractivity contribution in [1.29, 1.82) is 0 Å². The molecule has 2 aliphatic heterocycles. The molecule has 0 amide bonds. The number of rotatable bonds is 2. The van der Waals surface area contributed by atoms with E-state index in [0.29, 0.717) is 38.0 Å². The Morgan fingerprint density at radius 3 is 3.00 bits per heavy atom. The third-order valence-electron chi connectivity index (χ3n) is 3.27. The van der Waals surface area contributed by atoms with Gasteiger partial charge in [0.15, 0.2) is 5.82 Å². The molecule has 1 N–H and O–H groups in total. The summed E-state index contributed by atoms with van der Waals surface area (Å²) in [5.74, 6) is 1.23. The maximum absolute atomic E-state index is 12.8. The van der Waals surface area contributed by atoms with Crippen LogP contribution in [0.4, 0.5) is 14.7 Å². The van der Waals surface area contributed by atoms with Crippen LogP contribution in [0, 0.1) is 0 Å². The molecule has 0 aliphatic carbocycles. The highest BCUT2D eigenvalue weighted by atomic mass is 19.3. The Labute approximate surface area is 97.2 Å². The van der Waals surface area contributed by atoms with Gasteiger partial charge in [0.25, 0.3) is 6.43 Å². The molecule has 1 saturated heterocycles. The van der Waals surface area contributed by atoms with Crippen molar-refractivity contribution >= 4 is 5.95 Å². The minimum Gasteiger partial charge on any atom is -0.381 e. The Kier molecular flexibility index (Phi) is 2.70. The third kappa shape index (κ3) is 1.88. The summed E-state index contributed by atoms with van der Waals surface area (Å²) in [4.78, 5) is 4.29. The monoisotopic (exact) mass is 244 g/mol. The van der Waals surface area contributed by atoms with Gasteiger partial charge in [-0.05, 0) is 12.8 Å². The fourth-order valence-electron chi connectivity index (χ4n) is 2.29. The number of aromatic nitrogens is 3. The third-order valence-corrected chi connectivity index (χ3v) is 3.27. The Bertz CT molecular complexity index is 403. The first kappa shape index (κ1) is 10.9. The van der Waals surface area contributed by atoms with E-state index in [1.54, 1.807) is 0 Å². The summed E-state index contributed by atoms with van der Waals surface area (Å²) in [5, 5.41) is 7.23. The molecular weight excluding hydrogens is 230 g/mol. The molecule has 3 rings (SSSR count). The van der Waals surface area contributed by atoms with Crippen molar-refractivity contribution in [3.63, 3.8) is 0 Å². The maximum Gasteiger partial charge on any atom is 0.260 e. The van der Waals surface area contributed by atoms with E-state index in [2.05, 4.69) is 15.4 Å². The van der Waals surface area contributed by atoms with E-state index in [-0.39, 0.29) is 5.92 Å². The second-order valence-electron chi connectivity index (χ2n) is 4.42. The highest BCUT2D eigenvalue weighted by Crippen LogP contribution is 2.30. The molecule has 3 heterocycles. The minimum absolute atomic E-state index is 0.147. The van der Waals surface area contributed by atoms with Crippen LogP contribution in [-0.4, -0.2) is 40.9 Å². The van der Waals surface area contributed by atoms with Crippen molar-refractivity contribution in [3.8, 4) is 0 Å². The Balaban J connectivity index is 1.89. The van der Waals surface area contributed by atoms with Gasteiger partial charge in [-0.15, -0.1) is 0 Å². The molecule has 1 aromatic heterocycles. The van der Waals surface area contributed by atoms with E-state index in [9.17, 15) is 8.78 Å². The van der Waals surface area contributed by atoms with Crippen molar-refractivity contribution < 1.29 is 13.5 Å². The van der Waals surface area contributed by atoms with Gasteiger partial charge < -0.3 is 10.1 Å². The smallest absolute Gasteiger partial charge is 0.260 e. The average Bonchev–Trinajstić information content (AvgIpc) is 2.96. The van der Waals surface area contributed by atoms with Crippen LogP contribution < -0.4 is 5.32 Å². The van der Waals surface area contributed by atoms with Gasteiger partial charge in [-0.25, -0.2) is 13.5 Å². The topological polar surface area (TPSA) is 52.0 Å². The molecule has 2 aliphatic rings. The molecule has 7 heteroatoms. The van der Waals surface area contributed by atoms with E-state index in [1.807, 2.05) is 0 Å². The molecule has 2 atom stereocenters. The summed E-state index contributed by atoms with van der Waals surface area (Å²) in [6.45, 7) is 1.80. The maximum atomic E-state index is 12.8. The predicted molar refractivity (Wildman–Crippen MR) is 56.3 cm³/mol. The first-order valence-electron chi connectivity index (χ1n) is 5.82. The van der Waals surface area contributed by atoms with Crippen LogP contribution in [0.15, 0.2) is 0 Å². The van der Waals surface area contributed by atoms with Crippen LogP contribution >= 0.6 is 0 Å². The Morgan fingerprint density at radius 1 is 1.41 bits per heavy atom. The lowest BCUT2D eigenvalue weighted by Crippen LogP contribution is -2.28. The molecule has 1 aromatic rings. The van der Waals surface area contributed by atoms with E-state index in [4.69, 9.17) is 4.74 Å². The molecule has 94 valence electrons. The molecule has 1 fully saturated rings. The normalized spacial score (nSPS) is 28.2. The Hall–Kier alpha value is -1.24. The molecule has 0 aromatic carbocycles. The zero-order valence-electron chi connectivity index (χ0n) is 9.27. The summed E-state index contributed by atoms with van der Waals surface area (Å²) in [5.41, 5.74) is 0. The van der Waals surface area contributed by atoms with Gasteiger partial charge in [-0.3, -0.25) is 0 Å². The van der Waals surface area contributed by atoms with Gasteiger partial charge >= 0.3 is 0 Å². The first-order chi connectivity index (χ1) is 8.25. The molecule has 0 bridgehead atoms. The number of hydrogen-bond donors (Lipinski definition) is 1. The van der Waals surface area contributed by atoms with Crippen molar-refractivity contribution in [2.75, 3.05) is 25.1 Å². The number of nitrogens with one attached hydrogen (secondary N) is 1. The largest absolute Gasteiger partial charge is 0.381 e. The fourth-order valence-corrected chi connectivity index (χ4v) is 2.29. The Morgan fingerprint density at radius 2 is 2.29 bits per heavy atom. The van der Waals surface area contributed by atoms with Crippen LogP contribution in [0.2, 0.25) is 0 Å². The van der Waals surface area contributed by atoms with Crippen molar-refractivity contribution in [3.05, 3.63) is 5.82 Å². The van der Waals surface area contributed by atoms with Crippen molar-refractivity contribution in [2.24, 2.45) is 0 Å². The van der Waals surface area contributed by atoms with Crippen LogP contribution in [0.3, 0.4) is 0 Å². The number of fused-ring (bicyclic) bond motifs is 1. The molecule has 0 saturated carbocycles. The second-order valence-corrected chi connectivity index (χ2v) is 4.42. The summed E-state index contributed by atoms with van der Waals surface area (Å²) in [6.07, 6.45) is -1.15. The van der Waals surface area contributed by atoms with Crippen LogP contribution in [-0.2, 0) is 4.74 Å². The summed E-state index contributed by atoms with van der Waals surface area (Å²) in [7, 11) is 0. The standard InChI is InChI=1S/C10H14F2N4O/c11-8(12)7-1-3-13-10-14-9(15-16(7)10)6-2-4-17-5-6/h6-8H,1-5H2,(H,13,14,15). The van der Waals surface area contributed by atoms with E-state index in [1.165, 1.54) is 4.68 Å². The molecule has 2 unspecified atom stereocenters. The lowest BCUT2D eigenvalue weighted by Gasteiger charge is -2.23. The number of alkyl halides is 2. The SMILES string of the molecule is FC(F)C1CCNc2nc(C3CCOC3)nn21. The lowest BCUT2D eigenvalue weighted by atomic mass is 10.1. The van der Waals surface area contributed by atoms with Crippen LogP contribution in [0.5, 0.6) is 0 Å². The van der Waals surface area contributed by atoms with Crippen molar-refractivity contribution in [2.45, 2.75) is 31.2 Å². The molecular formula is C10H14F2N4O. The zero-order valence-corrected chi connectivity index (χ0v) is 9.27. The fraction of sp³-hybridized carbons (Fsp3) is 0.800. The number of halogens is 2.